The number of ether oxygens (including phenoxy) is 1. The third-order valence-corrected chi connectivity index (χ3v) is 5.16. The first-order chi connectivity index (χ1) is 13.9. The third kappa shape index (κ3) is 4.70. The van der Waals surface area contributed by atoms with Gasteiger partial charge in [0.15, 0.2) is 0 Å². The molecule has 0 spiro atoms. The van der Waals surface area contributed by atoms with Gasteiger partial charge in [0.05, 0.1) is 12.8 Å². The molecule has 0 aliphatic carbocycles. The summed E-state index contributed by atoms with van der Waals surface area (Å²) in [6.07, 6.45) is 1.43. The van der Waals surface area contributed by atoms with Gasteiger partial charge < -0.3 is 20.3 Å². The molecule has 1 atom stereocenters. The number of carbonyl (C=O) groups is 2. The molecule has 0 saturated carbocycles. The maximum absolute atomic E-state index is 12.7. The van der Waals surface area contributed by atoms with Gasteiger partial charge in [-0.25, -0.2) is 0 Å². The highest BCUT2D eigenvalue weighted by Gasteiger charge is 2.25. The average Bonchev–Trinajstić information content (AvgIpc) is 3.13. The lowest BCUT2D eigenvalue weighted by atomic mass is 10.0. The summed E-state index contributed by atoms with van der Waals surface area (Å²) < 4.78 is 5.49. The maximum Gasteiger partial charge on any atom is 0.246 e. The highest BCUT2D eigenvalue weighted by molar-refractivity contribution is 5.98. The van der Waals surface area contributed by atoms with Crippen molar-refractivity contribution in [2.45, 2.75) is 45.6 Å². The molecule has 0 radical (unpaired) electrons. The Bertz CT molecular complexity index is 895. The largest absolute Gasteiger partial charge is 0.494 e. The molecule has 0 bridgehead atoms. The molecular formula is C23H29N3O3. The van der Waals surface area contributed by atoms with Crippen molar-refractivity contribution < 1.29 is 14.3 Å². The fourth-order valence-electron chi connectivity index (χ4n) is 3.56. The Kier molecular flexibility index (Phi) is 6.42. The second kappa shape index (κ2) is 8.99. The Labute approximate surface area is 172 Å². The van der Waals surface area contributed by atoms with E-state index in [4.69, 9.17) is 4.74 Å². The fraction of sp³-hybridized carbons (Fsp3) is 0.391. The summed E-state index contributed by atoms with van der Waals surface area (Å²) in [4.78, 5) is 26.5. The van der Waals surface area contributed by atoms with Crippen molar-refractivity contribution in [3.63, 3.8) is 0 Å². The first kappa shape index (κ1) is 20.7. The lowest BCUT2D eigenvalue weighted by molar-refractivity contribution is -0.117. The van der Waals surface area contributed by atoms with Gasteiger partial charge in [0.1, 0.15) is 11.8 Å². The van der Waals surface area contributed by atoms with Gasteiger partial charge >= 0.3 is 0 Å². The normalized spacial score (nSPS) is 14.8. The van der Waals surface area contributed by atoms with Gasteiger partial charge in [0.2, 0.25) is 11.8 Å². The third-order valence-electron chi connectivity index (χ3n) is 5.16. The Balaban J connectivity index is 1.71. The van der Waals surface area contributed by atoms with E-state index in [2.05, 4.69) is 24.5 Å². The first-order valence-corrected chi connectivity index (χ1v) is 10.1. The summed E-state index contributed by atoms with van der Waals surface area (Å²) in [6, 6.07) is 13.0. The van der Waals surface area contributed by atoms with E-state index in [1.807, 2.05) is 49.4 Å². The lowest BCUT2D eigenvalue weighted by Gasteiger charge is -2.21. The minimum atomic E-state index is -0.445. The quantitative estimate of drug-likeness (QED) is 0.730. The smallest absolute Gasteiger partial charge is 0.246 e. The summed E-state index contributed by atoms with van der Waals surface area (Å²) in [5.41, 5.74) is 3.47. The summed E-state index contributed by atoms with van der Waals surface area (Å²) >= 11 is 0. The van der Waals surface area contributed by atoms with E-state index in [9.17, 15) is 9.59 Å². The van der Waals surface area contributed by atoms with Crippen LogP contribution < -0.4 is 20.3 Å². The van der Waals surface area contributed by atoms with Gasteiger partial charge in [-0.1, -0.05) is 32.0 Å². The van der Waals surface area contributed by atoms with E-state index >= 15 is 0 Å². The zero-order valence-electron chi connectivity index (χ0n) is 17.5. The van der Waals surface area contributed by atoms with Gasteiger partial charge in [-0.15, -0.1) is 0 Å². The van der Waals surface area contributed by atoms with Crippen LogP contribution in [-0.2, 0) is 9.59 Å². The van der Waals surface area contributed by atoms with Crippen LogP contribution in [0.2, 0.25) is 0 Å². The van der Waals surface area contributed by atoms with Crippen molar-refractivity contribution in [2.75, 3.05) is 29.2 Å². The molecule has 2 N–H and O–H groups in total. The number of hydrogen-bond acceptors (Lipinski definition) is 4. The van der Waals surface area contributed by atoms with Crippen molar-refractivity contribution in [3.8, 4) is 5.75 Å². The SMILES string of the molecule is COc1cc(NC(C)C(=O)Nc2ccccc2C(C)C)ccc1N1CCCC1=O. The van der Waals surface area contributed by atoms with Crippen LogP contribution in [0.25, 0.3) is 0 Å². The number of hydrogen-bond donors (Lipinski definition) is 2. The van der Waals surface area contributed by atoms with Crippen LogP contribution in [0, 0.1) is 0 Å². The summed E-state index contributed by atoms with van der Waals surface area (Å²) in [5.74, 6) is 0.930. The molecule has 6 heteroatoms. The number of nitrogens with zero attached hydrogens (tertiary/aromatic N) is 1. The van der Waals surface area contributed by atoms with Crippen LogP contribution >= 0.6 is 0 Å². The molecule has 3 rings (SSSR count). The van der Waals surface area contributed by atoms with E-state index in [1.165, 1.54) is 0 Å². The van der Waals surface area contributed by atoms with Gasteiger partial charge in [-0.05, 0) is 43.0 Å². The zero-order chi connectivity index (χ0) is 21.0. The highest BCUT2D eigenvalue weighted by atomic mass is 16.5. The molecule has 1 aliphatic heterocycles. The van der Waals surface area contributed by atoms with Gasteiger partial charge in [-0.3, -0.25) is 9.59 Å². The molecule has 1 saturated heterocycles. The number of nitrogens with one attached hydrogen (secondary N) is 2. The molecule has 29 heavy (non-hydrogen) atoms. The molecule has 6 nitrogen and oxygen atoms in total. The van der Waals surface area contributed by atoms with Gasteiger partial charge in [-0.2, -0.15) is 0 Å². The highest BCUT2D eigenvalue weighted by Crippen LogP contribution is 2.34. The van der Waals surface area contributed by atoms with Crippen LogP contribution in [0.1, 0.15) is 45.1 Å². The predicted octanol–water partition coefficient (Wildman–Crippen LogP) is 4.38. The number of carbonyl (C=O) groups excluding carboxylic acids is 2. The van der Waals surface area contributed by atoms with Crippen molar-refractivity contribution in [2.24, 2.45) is 0 Å². The summed E-state index contributed by atoms with van der Waals surface area (Å²) in [5, 5.41) is 6.24. The molecule has 1 unspecified atom stereocenters. The van der Waals surface area contributed by atoms with Crippen LogP contribution in [0.15, 0.2) is 42.5 Å². The van der Waals surface area contributed by atoms with Gasteiger partial charge in [0.25, 0.3) is 0 Å². The van der Waals surface area contributed by atoms with Crippen LogP contribution in [-0.4, -0.2) is 31.5 Å². The van der Waals surface area contributed by atoms with E-state index in [-0.39, 0.29) is 11.8 Å². The van der Waals surface area contributed by atoms with E-state index in [1.54, 1.807) is 12.0 Å². The van der Waals surface area contributed by atoms with Crippen LogP contribution in [0.3, 0.4) is 0 Å². The number of amides is 2. The standard InChI is InChI=1S/C23H29N3O3/c1-15(2)18-8-5-6-9-19(18)25-23(28)16(3)24-17-11-12-20(21(14-17)29-4)26-13-7-10-22(26)27/h5-6,8-9,11-12,14-16,24H,7,10,13H2,1-4H3,(H,25,28). The minimum Gasteiger partial charge on any atom is -0.494 e. The maximum atomic E-state index is 12.7. The van der Waals surface area contributed by atoms with E-state index < -0.39 is 6.04 Å². The number of anilines is 3. The second-order valence-corrected chi connectivity index (χ2v) is 7.63. The topological polar surface area (TPSA) is 70.7 Å². The Morgan fingerprint density at radius 3 is 2.55 bits per heavy atom. The number of rotatable bonds is 7. The minimum absolute atomic E-state index is 0.112. The summed E-state index contributed by atoms with van der Waals surface area (Å²) in [7, 11) is 1.59. The monoisotopic (exact) mass is 395 g/mol. The molecule has 2 aromatic rings. The number of para-hydroxylation sites is 1. The van der Waals surface area contributed by atoms with Crippen molar-refractivity contribution in [3.05, 3.63) is 48.0 Å². The van der Waals surface area contributed by atoms with E-state index in [0.29, 0.717) is 24.6 Å². The predicted molar refractivity (Wildman–Crippen MR) is 117 cm³/mol. The summed E-state index contributed by atoms with van der Waals surface area (Å²) in [6.45, 7) is 6.73. The van der Waals surface area contributed by atoms with E-state index in [0.717, 1.165) is 29.0 Å². The molecule has 1 aliphatic rings. The number of benzene rings is 2. The first-order valence-electron chi connectivity index (χ1n) is 10.1. The van der Waals surface area contributed by atoms with Crippen molar-refractivity contribution in [1.29, 1.82) is 0 Å². The Morgan fingerprint density at radius 1 is 1.14 bits per heavy atom. The zero-order valence-corrected chi connectivity index (χ0v) is 17.5. The van der Waals surface area contributed by atoms with Gasteiger partial charge in [0, 0.05) is 30.4 Å². The van der Waals surface area contributed by atoms with Crippen LogP contribution in [0.4, 0.5) is 17.1 Å². The molecule has 2 amide bonds. The van der Waals surface area contributed by atoms with Crippen molar-refractivity contribution in [1.82, 2.24) is 0 Å². The van der Waals surface area contributed by atoms with Crippen LogP contribution in [0.5, 0.6) is 5.75 Å². The Hall–Kier alpha value is -3.02. The molecule has 1 fully saturated rings. The fourth-order valence-corrected chi connectivity index (χ4v) is 3.56. The number of methoxy groups -OCH3 is 1. The second-order valence-electron chi connectivity index (χ2n) is 7.63. The molecule has 1 heterocycles. The Morgan fingerprint density at radius 2 is 1.90 bits per heavy atom. The average molecular weight is 396 g/mol. The molecule has 0 aromatic heterocycles. The molecule has 154 valence electrons. The molecular weight excluding hydrogens is 366 g/mol. The lowest BCUT2D eigenvalue weighted by Crippen LogP contribution is -2.32. The molecule has 2 aromatic carbocycles. The van der Waals surface area contributed by atoms with Crippen molar-refractivity contribution >= 4 is 28.9 Å².